The average Bonchev–Trinajstić information content (AvgIpc) is 2.65. The third-order valence-corrected chi connectivity index (χ3v) is 4.69. The molecule has 1 N–H and O–H groups in total. The number of amides is 1. The topological polar surface area (TPSA) is 68.5 Å². The van der Waals surface area contributed by atoms with Crippen LogP contribution in [0, 0.1) is 19.7 Å². The average molecular weight is 383 g/mol. The Morgan fingerprint density at radius 3 is 2.57 bits per heavy atom. The molecule has 2 aromatic carbocycles. The predicted molar refractivity (Wildman–Crippen MR) is 105 cm³/mol. The molecule has 146 valence electrons. The van der Waals surface area contributed by atoms with E-state index in [-0.39, 0.29) is 18.1 Å². The predicted octanol–water partition coefficient (Wildman–Crippen LogP) is 3.46. The molecule has 1 heterocycles. The van der Waals surface area contributed by atoms with Gasteiger partial charge < -0.3 is 14.5 Å². The van der Waals surface area contributed by atoms with Crippen LogP contribution in [0.15, 0.2) is 45.6 Å². The minimum Gasteiger partial charge on any atom is -0.496 e. The highest BCUT2D eigenvalue weighted by Crippen LogP contribution is 2.30. The van der Waals surface area contributed by atoms with E-state index < -0.39 is 5.63 Å². The molecular weight excluding hydrogens is 361 g/mol. The molecular formula is C22H22FNO4. The van der Waals surface area contributed by atoms with Gasteiger partial charge in [-0.1, -0.05) is 12.1 Å². The van der Waals surface area contributed by atoms with Crippen LogP contribution in [0.5, 0.6) is 5.75 Å². The maximum absolute atomic E-state index is 12.9. The van der Waals surface area contributed by atoms with E-state index in [1.807, 2.05) is 13.0 Å². The summed E-state index contributed by atoms with van der Waals surface area (Å²) in [6.45, 7) is 4.07. The van der Waals surface area contributed by atoms with Gasteiger partial charge in [-0.15, -0.1) is 0 Å². The molecule has 0 radical (unpaired) electrons. The van der Waals surface area contributed by atoms with Crippen LogP contribution in [-0.2, 0) is 17.6 Å². The number of carbonyl (C=O) groups excluding carboxylic acids is 1. The zero-order valence-electron chi connectivity index (χ0n) is 16.1. The summed E-state index contributed by atoms with van der Waals surface area (Å²) in [4.78, 5) is 24.7. The summed E-state index contributed by atoms with van der Waals surface area (Å²) in [6.07, 6.45) is 0.495. The van der Waals surface area contributed by atoms with Crippen molar-refractivity contribution in [2.45, 2.75) is 26.7 Å². The van der Waals surface area contributed by atoms with E-state index in [0.717, 1.165) is 11.1 Å². The fraction of sp³-hybridized carbons (Fsp3) is 0.273. The van der Waals surface area contributed by atoms with Crippen molar-refractivity contribution in [3.05, 3.63) is 74.9 Å². The quantitative estimate of drug-likeness (QED) is 0.662. The number of methoxy groups -OCH3 is 1. The van der Waals surface area contributed by atoms with Crippen molar-refractivity contribution >= 4 is 16.9 Å². The van der Waals surface area contributed by atoms with Gasteiger partial charge in [-0.3, -0.25) is 4.79 Å². The molecule has 0 atom stereocenters. The summed E-state index contributed by atoms with van der Waals surface area (Å²) in [5, 5.41) is 3.49. The Morgan fingerprint density at radius 1 is 1.18 bits per heavy atom. The van der Waals surface area contributed by atoms with Crippen molar-refractivity contribution in [3.63, 3.8) is 0 Å². The minimum atomic E-state index is -0.522. The number of nitrogens with one attached hydrogen (secondary N) is 1. The normalized spacial score (nSPS) is 10.9. The molecule has 0 aliphatic rings. The van der Waals surface area contributed by atoms with E-state index in [4.69, 9.17) is 9.15 Å². The first kappa shape index (κ1) is 19.6. The van der Waals surface area contributed by atoms with E-state index in [0.29, 0.717) is 40.8 Å². The fourth-order valence-corrected chi connectivity index (χ4v) is 3.22. The Bertz CT molecular complexity index is 1070. The molecule has 3 rings (SSSR count). The van der Waals surface area contributed by atoms with Crippen LogP contribution in [-0.4, -0.2) is 19.6 Å². The molecule has 0 bridgehead atoms. The first-order chi connectivity index (χ1) is 13.4. The van der Waals surface area contributed by atoms with Crippen LogP contribution in [0.25, 0.3) is 11.0 Å². The smallest absolute Gasteiger partial charge is 0.340 e. The standard InChI is InChI=1S/C22H22FNO4/c1-13-10-18(27-3)21-14(2)17(22(26)28-19(21)11-13)12-20(25)24-9-8-15-4-6-16(23)7-5-15/h4-7,10-11H,8-9,12H2,1-3H3,(H,24,25). The van der Waals surface area contributed by atoms with Crippen LogP contribution < -0.4 is 15.7 Å². The first-order valence-corrected chi connectivity index (χ1v) is 9.01. The van der Waals surface area contributed by atoms with Crippen LogP contribution in [0.1, 0.15) is 22.3 Å². The number of hydrogen-bond acceptors (Lipinski definition) is 4. The van der Waals surface area contributed by atoms with Gasteiger partial charge in [-0.25, -0.2) is 9.18 Å². The van der Waals surface area contributed by atoms with E-state index in [2.05, 4.69) is 5.32 Å². The van der Waals surface area contributed by atoms with E-state index in [1.165, 1.54) is 12.1 Å². The van der Waals surface area contributed by atoms with Crippen molar-refractivity contribution < 1.29 is 18.3 Å². The van der Waals surface area contributed by atoms with Gasteiger partial charge in [0, 0.05) is 6.54 Å². The number of carbonyl (C=O) groups is 1. The third-order valence-electron chi connectivity index (χ3n) is 4.69. The fourth-order valence-electron chi connectivity index (χ4n) is 3.22. The molecule has 0 spiro atoms. The zero-order chi connectivity index (χ0) is 20.3. The van der Waals surface area contributed by atoms with Crippen molar-refractivity contribution in [1.29, 1.82) is 0 Å². The second-order valence-corrected chi connectivity index (χ2v) is 6.74. The molecule has 0 fully saturated rings. The summed E-state index contributed by atoms with van der Waals surface area (Å²) in [6, 6.07) is 9.77. The number of halogens is 1. The monoisotopic (exact) mass is 383 g/mol. The first-order valence-electron chi connectivity index (χ1n) is 9.01. The molecule has 0 saturated heterocycles. The second-order valence-electron chi connectivity index (χ2n) is 6.74. The van der Waals surface area contributed by atoms with Crippen LogP contribution >= 0.6 is 0 Å². The lowest BCUT2D eigenvalue weighted by molar-refractivity contribution is -0.120. The molecule has 0 aliphatic heterocycles. The third kappa shape index (κ3) is 4.22. The molecule has 3 aromatic rings. The molecule has 5 nitrogen and oxygen atoms in total. The van der Waals surface area contributed by atoms with Crippen LogP contribution in [0.3, 0.4) is 0 Å². The van der Waals surface area contributed by atoms with Gasteiger partial charge in [0.1, 0.15) is 17.1 Å². The van der Waals surface area contributed by atoms with Gasteiger partial charge in [0.25, 0.3) is 0 Å². The van der Waals surface area contributed by atoms with Gasteiger partial charge in [0.15, 0.2) is 0 Å². The number of benzene rings is 2. The van der Waals surface area contributed by atoms with Crippen LogP contribution in [0.2, 0.25) is 0 Å². The van der Waals surface area contributed by atoms with Gasteiger partial charge in [0.05, 0.1) is 24.5 Å². The highest BCUT2D eigenvalue weighted by molar-refractivity contribution is 5.89. The number of ether oxygens (including phenoxy) is 1. The minimum absolute atomic E-state index is 0.0788. The second kappa shape index (κ2) is 8.25. The molecule has 0 unspecified atom stereocenters. The molecule has 1 amide bonds. The lowest BCUT2D eigenvalue weighted by atomic mass is 10.0. The summed E-state index contributed by atoms with van der Waals surface area (Å²) < 4.78 is 23.8. The summed E-state index contributed by atoms with van der Waals surface area (Å²) >= 11 is 0. The van der Waals surface area contributed by atoms with Gasteiger partial charge >= 0.3 is 5.63 Å². The Hall–Kier alpha value is -3.15. The zero-order valence-corrected chi connectivity index (χ0v) is 16.1. The number of aryl methyl sites for hydroxylation is 2. The Kier molecular flexibility index (Phi) is 5.78. The lowest BCUT2D eigenvalue weighted by Crippen LogP contribution is -2.29. The van der Waals surface area contributed by atoms with E-state index in [9.17, 15) is 14.0 Å². The maximum Gasteiger partial charge on any atom is 0.340 e. The number of hydrogen-bond donors (Lipinski definition) is 1. The summed E-state index contributed by atoms with van der Waals surface area (Å²) in [5.41, 5.74) is 2.75. The number of fused-ring (bicyclic) bond motifs is 1. The number of rotatable bonds is 6. The van der Waals surface area contributed by atoms with Crippen molar-refractivity contribution in [3.8, 4) is 5.75 Å². The highest BCUT2D eigenvalue weighted by Gasteiger charge is 2.17. The maximum atomic E-state index is 12.9. The summed E-state index contributed by atoms with van der Waals surface area (Å²) in [5.74, 6) is 0.0362. The summed E-state index contributed by atoms with van der Waals surface area (Å²) in [7, 11) is 1.56. The molecule has 1 aromatic heterocycles. The molecule has 0 saturated carbocycles. The van der Waals surface area contributed by atoms with E-state index >= 15 is 0 Å². The van der Waals surface area contributed by atoms with Gasteiger partial charge in [0.2, 0.25) is 5.91 Å². The Labute approximate surface area is 162 Å². The molecule has 28 heavy (non-hydrogen) atoms. The highest BCUT2D eigenvalue weighted by atomic mass is 19.1. The van der Waals surface area contributed by atoms with Crippen molar-refractivity contribution in [2.75, 3.05) is 13.7 Å². The lowest BCUT2D eigenvalue weighted by Gasteiger charge is -2.12. The Morgan fingerprint density at radius 2 is 1.89 bits per heavy atom. The van der Waals surface area contributed by atoms with Gasteiger partial charge in [-0.2, -0.15) is 0 Å². The SMILES string of the molecule is COc1cc(C)cc2oc(=O)c(CC(=O)NCCc3ccc(F)cc3)c(C)c12. The molecule has 6 heteroatoms. The molecule has 0 aliphatic carbocycles. The van der Waals surface area contributed by atoms with E-state index in [1.54, 1.807) is 32.2 Å². The Balaban J connectivity index is 1.76. The van der Waals surface area contributed by atoms with Crippen molar-refractivity contribution in [1.82, 2.24) is 5.32 Å². The van der Waals surface area contributed by atoms with Gasteiger partial charge in [-0.05, 0) is 61.2 Å². The van der Waals surface area contributed by atoms with Crippen molar-refractivity contribution in [2.24, 2.45) is 0 Å². The largest absolute Gasteiger partial charge is 0.496 e. The van der Waals surface area contributed by atoms with Crippen LogP contribution in [0.4, 0.5) is 4.39 Å².